The number of nitrogens with one attached hydrogen (secondary N) is 1. The van der Waals surface area contributed by atoms with Crippen LogP contribution in [0, 0.1) is 5.41 Å². The fourth-order valence-corrected chi connectivity index (χ4v) is 1.15. The lowest BCUT2D eigenvalue weighted by Crippen LogP contribution is -1.73. The molecule has 0 saturated heterocycles. The van der Waals surface area contributed by atoms with Gasteiger partial charge in [0.2, 0.25) is 6.08 Å². The minimum absolute atomic E-state index is 0.510. The third kappa shape index (κ3) is 3.59. The molecule has 0 amide bonds. The molecular weight excluding hydrogens is 186 g/mol. The van der Waals surface area contributed by atoms with Crippen molar-refractivity contribution in [3.8, 4) is 11.1 Å². The van der Waals surface area contributed by atoms with E-state index in [2.05, 4.69) is 0 Å². The molecule has 2 aromatic rings. The van der Waals surface area contributed by atoms with Gasteiger partial charge in [-0.2, -0.15) is 0 Å². The summed E-state index contributed by atoms with van der Waals surface area (Å²) in [5.74, 6) is 0. The van der Waals surface area contributed by atoms with E-state index < -0.39 is 0 Å². The maximum Gasteiger partial charge on any atom is 0.231 e. The van der Waals surface area contributed by atoms with Crippen LogP contribution in [0.5, 0.6) is 0 Å². The van der Waals surface area contributed by atoms with Gasteiger partial charge in [0.1, 0.15) is 0 Å². The highest BCUT2D eigenvalue weighted by Crippen LogP contribution is 2.17. The van der Waals surface area contributed by atoms with Crippen molar-refractivity contribution in [2.24, 2.45) is 0 Å². The molecule has 0 bridgehead atoms. The summed E-state index contributed by atoms with van der Waals surface area (Å²) < 4.78 is 14.8. The Morgan fingerprint density at radius 1 is 0.933 bits per heavy atom. The van der Waals surface area contributed by atoms with Gasteiger partial charge in [-0.1, -0.05) is 60.6 Å². The zero-order valence-corrected chi connectivity index (χ0v) is 8.03. The summed E-state index contributed by atoms with van der Waals surface area (Å²) in [6.45, 7) is 0. The summed E-state index contributed by atoms with van der Waals surface area (Å²) in [7, 11) is 0. The zero-order valence-electron chi connectivity index (χ0n) is 10.0. The minimum atomic E-state index is 0.510. The molecule has 0 aliphatic heterocycles. The van der Waals surface area contributed by atoms with E-state index in [0.29, 0.717) is 12.1 Å². The van der Waals surface area contributed by atoms with Crippen LogP contribution in [0.15, 0.2) is 60.6 Å². The maximum atomic E-state index is 8.35. The molecule has 0 fully saturated rings. The van der Waals surface area contributed by atoms with Crippen molar-refractivity contribution in [1.82, 2.24) is 0 Å². The van der Waals surface area contributed by atoms with Crippen LogP contribution in [0.2, 0.25) is 0 Å². The van der Waals surface area contributed by atoms with Gasteiger partial charge < -0.3 is 0 Å². The SMILES string of the molecule is N=C=O.[2H]c1ccc(-c2cccc([2H])c2)cc1. The summed E-state index contributed by atoms with van der Waals surface area (Å²) in [5.41, 5.74) is 2.08. The number of benzene rings is 2. The Balaban J connectivity index is 0.000000437. The van der Waals surface area contributed by atoms with Gasteiger partial charge in [-0.05, 0) is 11.1 Å². The number of hydrogen-bond donors (Lipinski definition) is 1. The molecular formula is C13H11NO. The molecule has 2 heteroatoms. The van der Waals surface area contributed by atoms with Crippen LogP contribution in [-0.4, -0.2) is 6.08 Å². The van der Waals surface area contributed by atoms with E-state index in [-0.39, 0.29) is 0 Å². The normalized spacial score (nSPS) is 10.1. The lowest BCUT2D eigenvalue weighted by molar-refractivity contribution is 0.563. The monoisotopic (exact) mass is 199 g/mol. The number of rotatable bonds is 1. The van der Waals surface area contributed by atoms with Crippen molar-refractivity contribution in [3.05, 3.63) is 60.6 Å². The third-order valence-electron chi connectivity index (χ3n) is 1.76. The number of carbonyl (C=O) groups excluding carboxylic acids is 1. The smallest absolute Gasteiger partial charge is 0.222 e. The van der Waals surface area contributed by atoms with Crippen LogP contribution < -0.4 is 0 Å². The van der Waals surface area contributed by atoms with E-state index in [4.69, 9.17) is 12.9 Å². The molecule has 0 atom stereocenters. The molecule has 2 rings (SSSR count). The van der Waals surface area contributed by atoms with Crippen molar-refractivity contribution in [2.45, 2.75) is 0 Å². The molecule has 74 valence electrons. The van der Waals surface area contributed by atoms with E-state index in [9.17, 15) is 0 Å². The van der Waals surface area contributed by atoms with E-state index in [1.54, 1.807) is 18.2 Å². The Labute approximate surface area is 91.5 Å². The van der Waals surface area contributed by atoms with Gasteiger partial charge in [0.25, 0.3) is 0 Å². The summed E-state index contributed by atoms with van der Waals surface area (Å²) in [4.78, 5) is 8.35. The molecule has 1 N–H and O–H groups in total. The van der Waals surface area contributed by atoms with Gasteiger partial charge in [-0.15, -0.1) is 0 Å². The minimum Gasteiger partial charge on any atom is -0.222 e. The van der Waals surface area contributed by atoms with Gasteiger partial charge in [0.05, 0.1) is 2.74 Å². The predicted octanol–water partition coefficient (Wildman–Crippen LogP) is 3.25. The van der Waals surface area contributed by atoms with Gasteiger partial charge in [-0.25, -0.2) is 10.2 Å². The lowest BCUT2D eigenvalue weighted by Gasteiger charge is -1.98. The first-order valence-electron chi connectivity index (χ1n) is 5.35. The Morgan fingerprint density at radius 3 is 2.07 bits per heavy atom. The second-order valence-electron chi connectivity index (χ2n) is 2.68. The largest absolute Gasteiger partial charge is 0.231 e. The van der Waals surface area contributed by atoms with Gasteiger partial charge in [-0.3, -0.25) is 0 Å². The second-order valence-corrected chi connectivity index (χ2v) is 2.68. The molecule has 2 aromatic carbocycles. The Hall–Kier alpha value is -2.18. The fourth-order valence-electron chi connectivity index (χ4n) is 1.15. The standard InChI is InChI=1S/C12H10.CHNO/c1-3-7-11(8-4-1)12-9-5-2-6-10-12;2-1-3/h1-10H;2H/i1D,5D;. The molecule has 0 radical (unpaired) electrons. The first kappa shape index (κ1) is 8.16. The molecule has 0 aliphatic carbocycles. The number of isocyanates is 1. The average Bonchev–Trinajstić information content (AvgIpc) is 2.31. The maximum absolute atomic E-state index is 8.35. The summed E-state index contributed by atoms with van der Waals surface area (Å²) in [6, 6.07) is 15.7. The van der Waals surface area contributed by atoms with E-state index in [1.807, 2.05) is 30.3 Å². The molecule has 0 saturated carbocycles. The van der Waals surface area contributed by atoms with Crippen LogP contribution >= 0.6 is 0 Å². The van der Waals surface area contributed by atoms with Crippen molar-refractivity contribution in [2.75, 3.05) is 0 Å². The van der Waals surface area contributed by atoms with E-state index in [0.717, 1.165) is 17.2 Å². The summed E-state index contributed by atoms with van der Waals surface area (Å²) in [6.07, 6.45) is 0.750. The zero-order chi connectivity index (χ0) is 12.7. The van der Waals surface area contributed by atoms with Crippen LogP contribution in [0.3, 0.4) is 0 Å². The Morgan fingerprint density at radius 2 is 1.47 bits per heavy atom. The van der Waals surface area contributed by atoms with Crippen molar-refractivity contribution >= 4 is 6.08 Å². The molecule has 0 aromatic heterocycles. The van der Waals surface area contributed by atoms with Crippen molar-refractivity contribution in [1.29, 1.82) is 5.41 Å². The van der Waals surface area contributed by atoms with Crippen LogP contribution in [-0.2, 0) is 4.79 Å². The highest BCUT2D eigenvalue weighted by atomic mass is 16.1. The second kappa shape index (κ2) is 6.30. The lowest BCUT2D eigenvalue weighted by atomic mass is 10.1. The molecule has 2 nitrogen and oxygen atoms in total. The van der Waals surface area contributed by atoms with Crippen molar-refractivity contribution < 1.29 is 7.54 Å². The molecule has 0 spiro atoms. The van der Waals surface area contributed by atoms with Crippen LogP contribution in [0.4, 0.5) is 0 Å². The van der Waals surface area contributed by atoms with Gasteiger partial charge in [0.15, 0.2) is 0 Å². The molecule has 0 unspecified atom stereocenters. The Kier molecular flexibility index (Phi) is 3.43. The highest BCUT2D eigenvalue weighted by Gasteiger charge is 1.91. The summed E-state index contributed by atoms with van der Waals surface area (Å²) in [5, 5.41) is 5.40. The quantitative estimate of drug-likeness (QED) is 0.555. The van der Waals surface area contributed by atoms with Crippen LogP contribution in [0.1, 0.15) is 2.74 Å². The first-order valence-corrected chi connectivity index (χ1v) is 4.35. The van der Waals surface area contributed by atoms with Gasteiger partial charge in [0, 0.05) is 0 Å². The third-order valence-corrected chi connectivity index (χ3v) is 1.76. The van der Waals surface area contributed by atoms with Crippen molar-refractivity contribution in [3.63, 3.8) is 0 Å². The first-order chi connectivity index (χ1) is 8.17. The predicted molar refractivity (Wildman–Crippen MR) is 60.3 cm³/mol. The van der Waals surface area contributed by atoms with E-state index in [1.165, 1.54) is 0 Å². The molecule has 15 heavy (non-hydrogen) atoms. The van der Waals surface area contributed by atoms with E-state index >= 15 is 0 Å². The number of hydrogen-bond acceptors (Lipinski definition) is 2. The highest BCUT2D eigenvalue weighted by molar-refractivity contribution is 5.62. The fraction of sp³-hybridized carbons (Fsp3) is 0. The summed E-state index contributed by atoms with van der Waals surface area (Å²) >= 11 is 0. The topological polar surface area (TPSA) is 40.9 Å². The Bertz CT molecular complexity index is 517. The van der Waals surface area contributed by atoms with Gasteiger partial charge >= 0.3 is 0 Å². The molecule has 0 heterocycles. The molecule has 0 aliphatic rings. The average molecular weight is 199 g/mol. The van der Waals surface area contributed by atoms with Crippen LogP contribution in [0.25, 0.3) is 11.1 Å².